The molecule has 2 aromatic carbocycles. The van der Waals surface area contributed by atoms with Gasteiger partial charge in [0.15, 0.2) is 9.84 Å². The lowest BCUT2D eigenvalue weighted by atomic mass is 10.1. The molecule has 1 aliphatic rings. The molecule has 1 N–H and O–H groups in total. The SMILES string of the molecule is CC(C)S(=O)(=O)c1ccc(C(=O)NCc2ccc(N3CCCC3=O)cc2)cc1. The minimum atomic E-state index is -3.35. The van der Waals surface area contributed by atoms with Crippen LogP contribution in [0, 0.1) is 0 Å². The summed E-state index contributed by atoms with van der Waals surface area (Å²) >= 11 is 0. The normalized spacial score (nSPS) is 14.5. The van der Waals surface area contributed by atoms with E-state index in [-0.39, 0.29) is 16.7 Å². The molecule has 28 heavy (non-hydrogen) atoms. The zero-order valence-corrected chi connectivity index (χ0v) is 16.8. The molecule has 2 amide bonds. The van der Waals surface area contributed by atoms with Crippen LogP contribution in [0.2, 0.25) is 0 Å². The number of rotatable bonds is 6. The summed E-state index contributed by atoms with van der Waals surface area (Å²) in [4.78, 5) is 26.1. The van der Waals surface area contributed by atoms with Crippen molar-refractivity contribution >= 4 is 27.3 Å². The standard InChI is InChI=1S/C21H24N2O4S/c1-15(2)28(26,27)19-11-7-17(8-12-19)21(25)22-14-16-5-9-18(10-6-16)23-13-3-4-20(23)24/h5-12,15H,3-4,13-14H2,1-2H3,(H,22,25). The monoisotopic (exact) mass is 400 g/mol. The van der Waals surface area contributed by atoms with Gasteiger partial charge < -0.3 is 10.2 Å². The molecule has 1 saturated heterocycles. The van der Waals surface area contributed by atoms with Crippen molar-refractivity contribution in [3.05, 3.63) is 59.7 Å². The van der Waals surface area contributed by atoms with Gasteiger partial charge in [0.2, 0.25) is 5.91 Å². The highest BCUT2D eigenvalue weighted by Crippen LogP contribution is 2.21. The van der Waals surface area contributed by atoms with Crippen LogP contribution in [0.25, 0.3) is 0 Å². The number of carbonyl (C=O) groups is 2. The van der Waals surface area contributed by atoms with Gasteiger partial charge in [-0.3, -0.25) is 9.59 Å². The molecular weight excluding hydrogens is 376 g/mol. The molecule has 1 aliphatic heterocycles. The largest absolute Gasteiger partial charge is 0.348 e. The maximum atomic E-state index is 12.3. The second kappa shape index (κ2) is 8.14. The second-order valence-electron chi connectivity index (χ2n) is 7.12. The summed E-state index contributed by atoms with van der Waals surface area (Å²) in [5, 5.41) is 2.32. The number of hydrogen-bond donors (Lipinski definition) is 1. The number of nitrogens with one attached hydrogen (secondary N) is 1. The molecule has 6 nitrogen and oxygen atoms in total. The Morgan fingerprint density at radius 1 is 1.07 bits per heavy atom. The Bertz CT molecular complexity index is 964. The van der Waals surface area contributed by atoms with Crippen LogP contribution in [0.4, 0.5) is 5.69 Å². The molecule has 0 radical (unpaired) electrons. The minimum Gasteiger partial charge on any atom is -0.348 e. The molecule has 0 aliphatic carbocycles. The summed E-state index contributed by atoms with van der Waals surface area (Å²) in [5.74, 6) is -0.128. The van der Waals surface area contributed by atoms with Crippen molar-refractivity contribution in [3.8, 4) is 0 Å². The highest BCUT2D eigenvalue weighted by molar-refractivity contribution is 7.92. The predicted octanol–water partition coefficient (Wildman–Crippen LogP) is 2.93. The first-order valence-corrected chi connectivity index (χ1v) is 10.8. The van der Waals surface area contributed by atoms with Crippen LogP contribution in [0.1, 0.15) is 42.6 Å². The van der Waals surface area contributed by atoms with Crippen LogP contribution in [-0.2, 0) is 21.2 Å². The van der Waals surface area contributed by atoms with E-state index in [0.29, 0.717) is 18.5 Å². The first-order valence-electron chi connectivity index (χ1n) is 9.30. The highest BCUT2D eigenvalue weighted by Gasteiger charge is 2.21. The fraction of sp³-hybridized carbons (Fsp3) is 0.333. The van der Waals surface area contributed by atoms with Crippen LogP contribution in [0.5, 0.6) is 0 Å². The second-order valence-corrected chi connectivity index (χ2v) is 9.62. The maximum Gasteiger partial charge on any atom is 0.251 e. The lowest BCUT2D eigenvalue weighted by Gasteiger charge is -2.16. The molecule has 148 valence electrons. The number of amides is 2. The fourth-order valence-corrected chi connectivity index (χ4v) is 4.13. The van der Waals surface area contributed by atoms with Crippen molar-refractivity contribution in [1.82, 2.24) is 5.32 Å². The number of hydrogen-bond acceptors (Lipinski definition) is 4. The zero-order chi connectivity index (χ0) is 20.3. The maximum absolute atomic E-state index is 12.3. The van der Waals surface area contributed by atoms with E-state index in [1.807, 2.05) is 24.3 Å². The number of anilines is 1. The molecule has 0 atom stereocenters. The molecule has 0 saturated carbocycles. The Morgan fingerprint density at radius 2 is 1.71 bits per heavy atom. The zero-order valence-electron chi connectivity index (χ0n) is 16.0. The van der Waals surface area contributed by atoms with Gasteiger partial charge >= 0.3 is 0 Å². The Kier molecular flexibility index (Phi) is 5.84. The highest BCUT2D eigenvalue weighted by atomic mass is 32.2. The van der Waals surface area contributed by atoms with Crippen molar-refractivity contribution in [3.63, 3.8) is 0 Å². The third kappa shape index (κ3) is 4.25. The van der Waals surface area contributed by atoms with Gasteiger partial charge in [-0.2, -0.15) is 0 Å². The van der Waals surface area contributed by atoms with Crippen molar-refractivity contribution in [2.45, 2.75) is 43.4 Å². The molecule has 3 rings (SSSR count). The summed E-state index contributed by atoms with van der Waals surface area (Å²) in [7, 11) is -3.35. The van der Waals surface area contributed by atoms with Gasteiger partial charge in [0.1, 0.15) is 0 Å². The van der Waals surface area contributed by atoms with Gasteiger partial charge in [-0.25, -0.2) is 8.42 Å². The molecule has 1 fully saturated rings. The molecule has 0 spiro atoms. The predicted molar refractivity (Wildman–Crippen MR) is 108 cm³/mol. The van der Waals surface area contributed by atoms with E-state index >= 15 is 0 Å². The first-order chi connectivity index (χ1) is 13.3. The lowest BCUT2D eigenvalue weighted by molar-refractivity contribution is -0.117. The fourth-order valence-electron chi connectivity index (χ4n) is 3.07. The van der Waals surface area contributed by atoms with Crippen LogP contribution in [0.3, 0.4) is 0 Å². The van der Waals surface area contributed by atoms with Gasteiger partial charge in [-0.1, -0.05) is 12.1 Å². The van der Waals surface area contributed by atoms with Crippen molar-refractivity contribution < 1.29 is 18.0 Å². The van der Waals surface area contributed by atoms with E-state index in [9.17, 15) is 18.0 Å². The van der Waals surface area contributed by atoms with Crippen LogP contribution in [0.15, 0.2) is 53.4 Å². The van der Waals surface area contributed by atoms with E-state index in [2.05, 4.69) is 5.32 Å². The van der Waals surface area contributed by atoms with Crippen molar-refractivity contribution in [1.29, 1.82) is 0 Å². The van der Waals surface area contributed by atoms with E-state index in [1.54, 1.807) is 18.7 Å². The van der Waals surface area contributed by atoms with E-state index in [4.69, 9.17) is 0 Å². The molecule has 1 heterocycles. The number of benzene rings is 2. The molecule has 0 bridgehead atoms. The van der Waals surface area contributed by atoms with Gasteiger partial charge in [0, 0.05) is 30.8 Å². The van der Waals surface area contributed by atoms with Crippen LogP contribution in [-0.4, -0.2) is 32.0 Å². The van der Waals surface area contributed by atoms with E-state index in [0.717, 1.165) is 24.2 Å². The summed E-state index contributed by atoms with van der Waals surface area (Å²) in [5.41, 5.74) is 2.20. The van der Waals surface area contributed by atoms with Crippen LogP contribution < -0.4 is 10.2 Å². The van der Waals surface area contributed by atoms with Gasteiger partial charge in [-0.05, 0) is 62.2 Å². The molecule has 0 unspecified atom stereocenters. The quantitative estimate of drug-likeness (QED) is 0.808. The summed E-state index contributed by atoms with van der Waals surface area (Å²) in [6.07, 6.45) is 1.48. The molecule has 7 heteroatoms. The summed E-state index contributed by atoms with van der Waals surface area (Å²) < 4.78 is 24.3. The van der Waals surface area contributed by atoms with Gasteiger partial charge in [0.25, 0.3) is 5.91 Å². The average Bonchev–Trinajstić information content (AvgIpc) is 3.12. The Hall–Kier alpha value is -2.67. The topological polar surface area (TPSA) is 83.6 Å². The van der Waals surface area contributed by atoms with Crippen molar-refractivity contribution in [2.24, 2.45) is 0 Å². The molecular formula is C21H24N2O4S. The first kappa shape index (κ1) is 20.1. The number of carbonyl (C=O) groups excluding carboxylic acids is 2. The van der Waals surface area contributed by atoms with Gasteiger partial charge in [0.05, 0.1) is 10.1 Å². The third-order valence-electron chi connectivity index (χ3n) is 4.84. The Morgan fingerprint density at radius 3 is 2.25 bits per heavy atom. The van der Waals surface area contributed by atoms with Crippen molar-refractivity contribution in [2.75, 3.05) is 11.4 Å². The Balaban J connectivity index is 1.60. The number of sulfone groups is 1. The summed E-state index contributed by atoms with van der Waals surface area (Å²) in [6.45, 7) is 4.35. The molecule has 2 aromatic rings. The average molecular weight is 401 g/mol. The smallest absolute Gasteiger partial charge is 0.251 e. The van der Waals surface area contributed by atoms with Gasteiger partial charge in [-0.15, -0.1) is 0 Å². The Labute approximate surface area is 165 Å². The van der Waals surface area contributed by atoms with E-state index in [1.165, 1.54) is 24.3 Å². The third-order valence-corrected chi connectivity index (χ3v) is 7.01. The summed E-state index contributed by atoms with van der Waals surface area (Å²) in [6, 6.07) is 13.5. The lowest BCUT2D eigenvalue weighted by Crippen LogP contribution is -2.24. The molecule has 0 aromatic heterocycles. The van der Waals surface area contributed by atoms with E-state index < -0.39 is 15.1 Å². The minimum absolute atomic E-state index is 0.143. The number of nitrogens with zero attached hydrogens (tertiary/aromatic N) is 1. The van der Waals surface area contributed by atoms with Crippen LogP contribution >= 0.6 is 0 Å².